The van der Waals surface area contributed by atoms with Crippen LogP contribution in [0.25, 0.3) is 0 Å². The predicted molar refractivity (Wildman–Crippen MR) is 163 cm³/mol. The standard InChI is InChI=1S/C35H62O6/c1-8-33(6,41-18-17-35(40,9-2)10-3)23-15-16-32(5)24(19-23)20-28(36)31-26-13-12-25(22(4)11-14-30(38)39)34(26,7)29(37)21-27(31)32/h21-28,30-31,36-40H,8-20H2,1-7H3. The molecule has 0 aromatic rings. The van der Waals surface area contributed by atoms with Crippen LogP contribution in [0.2, 0.25) is 0 Å². The van der Waals surface area contributed by atoms with Gasteiger partial charge in [-0.3, -0.25) is 0 Å². The van der Waals surface area contributed by atoms with Crippen molar-refractivity contribution in [1.29, 1.82) is 0 Å². The molecule has 0 aliphatic heterocycles. The monoisotopic (exact) mass is 578 g/mol. The van der Waals surface area contributed by atoms with E-state index in [9.17, 15) is 25.5 Å². The molecule has 6 heteroatoms. The Kier molecular flexibility index (Phi) is 10.0. The zero-order valence-electron chi connectivity index (χ0n) is 27.1. The van der Waals surface area contributed by atoms with Crippen LogP contribution in [-0.2, 0) is 4.74 Å². The van der Waals surface area contributed by atoms with Crippen molar-refractivity contribution in [2.24, 2.45) is 52.3 Å². The largest absolute Gasteiger partial charge is 0.512 e. The summed E-state index contributed by atoms with van der Waals surface area (Å²) in [6, 6.07) is 0. The summed E-state index contributed by atoms with van der Waals surface area (Å²) in [5.41, 5.74) is -1.22. The molecule has 6 nitrogen and oxygen atoms in total. The van der Waals surface area contributed by atoms with Gasteiger partial charge in [0.25, 0.3) is 0 Å². The third-order valence-electron chi connectivity index (χ3n) is 13.8. The summed E-state index contributed by atoms with van der Waals surface area (Å²) in [4.78, 5) is 0. The number of hydrogen-bond acceptors (Lipinski definition) is 6. The van der Waals surface area contributed by atoms with Crippen LogP contribution in [0.4, 0.5) is 0 Å². The van der Waals surface area contributed by atoms with Crippen LogP contribution in [-0.4, -0.2) is 55.7 Å². The van der Waals surface area contributed by atoms with E-state index in [-0.39, 0.29) is 52.1 Å². The fourth-order valence-electron chi connectivity index (χ4n) is 10.4. The Bertz CT molecular complexity index is 914. The Morgan fingerprint density at radius 3 is 2.32 bits per heavy atom. The molecule has 0 aromatic carbocycles. The number of aliphatic hydroxyl groups excluding tert-OH is 3. The summed E-state index contributed by atoms with van der Waals surface area (Å²) >= 11 is 0. The molecule has 11 atom stereocenters. The molecule has 0 bridgehead atoms. The molecule has 0 spiro atoms. The van der Waals surface area contributed by atoms with Gasteiger partial charge in [-0.1, -0.05) is 41.5 Å². The Labute approximate surface area is 250 Å². The zero-order valence-corrected chi connectivity index (χ0v) is 27.1. The van der Waals surface area contributed by atoms with Crippen molar-refractivity contribution in [2.45, 2.75) is 149 Å². The fraction of sp³-hybridized carbons (Fsp3) is 0.943. The van der Waals surface area contributed by atoms with Gasteiger partial charge in [-0.15, -0.1) is 0 Å². The van der Waals surface area contributed by atoms with Gasteiger partial charge in [-0.2, -0.15) is 0 Å². The molecule has 4 aliphatic carbocycles. The lowest BCUT2D eigenvalue weighted by atomic mass is 9.44. The SMILES string of the molecule is CCC(O)(CC)CCOC(C)(CC)C1CCC2(C)C(CC(O)C3C2C=C(O)C2(C)C(C(C)CCC(O)O)CCC32)C1. The van der Waals surface area contributed by atoms with Gasteiger partial charge in [0.15, 0.2) is 6.29 Å². The maximum Gasteiger partial charge on any atom is 0.151 e. The van der Waals surface area contributed by atoms with Gasteiger partial charge >= 0.3 is 0 Å². The Morgan fingerprint density at radius 2 is 1.71 bits per heavy atom. The molecular weight excluding hydrogens is 516 g/mol. The second kappa shape index (κ2) is 12.4. The van der Waals surface area contributed by atoms with Crippen LogP contribution in [0.3, 0.4) is 0 Å². The average Bonchev–Trinajstić information content (AvgIpc) is 3.30. The minimum atomic E-state index is -1.29. The van der Waals surface area contributed by atoms with Crippen molar-refractivity contribution in [2.75, 3.05) is 6.61 Å². The number of allylic oxidation sites excluding steroid dienone is 2. The van der Waals surface area contributed by atoms with Gasteiger partial charge in [-0.25, -0.2) is 0 Å². The van der Waals surface area contributed by atoms with E-state index >= 15 is 0 Å². The molecule has 4 aliphatic rings. The lowest BCUT2D eigenvalue weighted by molar-refractivity contribution is -0.164. The molecule has 0 amide bonds. The van der Waals surface area contributed by atoms with Crippen LogP contribution >= 0.6 is 0 Å². The molecule has 3 saturated carbocycles. The molecule has 0 saturated heterocycles. The second-order valence-electron chi connectivity index (χ2n) is 15.4. The number of hydrogen-bond donors (Lipinski definition) is 5. The molecule has 5 N–H and O–H groups in total. The summed E-state index contributed by atoms with van der Waals surface area (Å²) in [6.45, 7) is 16.0. The number of fused-ring (bicyclic) bond motifs is 5. The first-order valence-electron chi connectivity index (χ1n) is 17.0. The third kappa shape index (κ3) is 5.91. The van der Waals surface area contributed by atoms with Crippen molar-refractivity contribution in [3.63, 3.8) is 0 Å². The number of aliphatic hydroxyl groups is 5. The summed E-state index contributed by atoms with van der Waals surface area (Å²) < 4.78 is 6.61. The van der Waals surface area contributed by atoms with E-state index in [0.717, 1.165) is 64.2 Å². The first-order chi connectivity index (χ1) is 19.2. The lowest BCUT2D eigenvalue weighted by Gasteiger charge is -2.61. The van der Waals surface area contributed by atoms with Crippen LogP contribution in [0.5, 0.6) is 0 Å². The van der Waals surface area contributed by atoms with E-state index in [4.69, 9.17) is 4.74 Å². The van der Waals surface area contributed by atoms with E-state index < -0.39 is 11.9 Å². The maximum atomic E-state index is 11.8. The van der Waals surface area contributed by atoms with E-state index in [1.807, 2.05) is 13.8 Å². The van der Waals surface area contributed by atoms with Crippen molar-refractivity contribution < 1.29 is 30.3 Å². The maximum absolute atomic E-state index is 11.8. The summed E-state index contributed by atoms with van der Waals surface area (Å²) in [7, 11) is 0. The quantitative estimate of drug-likeness (QED) is 0.164. The average molecular weight is 579 g/mol. The first kappa shape index (κ1) is 33.2. The molecule has 0 radical (unpaired) electrons. The van der Waals surface area contributed by atoms with Gasteiger partial charge in [-0.05, 0) is 137 Å². The van der Waals surface area contributed by atoms with Gasteiger partial charge in [0, 0.05) is 5.41 Å². The van der Waals surface area contributed by atoms with Crippen molar-refractivity contribution >= 4 is 0 Å². The number of ether oxygens (including phenoxy) is 1. The van der Waals surface area contributed by atoms with Gasteiger partial charge in [0.1, 0.15) is 0 Å². The van der Waals surface area contributed by atoms with Gasteiger partial charge < -0.3 is 30.3 Å². The first-order valence-corrected chi connectivity index (χ1v) is 17.0. The minimum Gasteiger partial charge on any atom is -0.512 e. The molecule has 41 heavy (non-hydrogen) atoms. The molecule has 4 rings (SSSR count). The highest BCUT2D eigenvalue weighted by Crippen LogP contribution is 2.68. The summed E-state index contributed by atoms with van der Waals surface area (Å²) in [5, 5.41) is 53.2. The highest BCUT2D eigenvalue weighted by atomic mass is 16.5. The van der Waals surface area contributed by atoms with Crippen LogP contribution in [0.1, 0.15) is 126 Å². The van der Waals surface area contributed by atoms with Gasteiger partial charge in [0.05, 0.1) is 29.7 Å². The normalized spacial score (nSPS) is 41.3. The third-order valence-corrected chi connectivity index (χ3v) is 13.8. The Hall–Kier alpha value is -0.660. The molecule has 11 unspecified atom stereocenters. The summed E-state index contributed by atoms with van der Waals surface area (Å²) in [5.74, 6) is 2.43. The highest BCUT2D eigenvalue weighted by molar-refractivity contribution is 5.25. The van der Waals surface area contributed by atoms with Gasteiger partial charge in [0.2, 0.25) is 0 Å². The number of rotatable bonds is 12. The molecule has 238 valence electrons. The molecule has 0 aromatic heterocycles. The minimum absolute atomic E-state index is 0.0414. The smallest absolute Gasteiger partial charge is 0.151 e. The Balaban J connectivity index is 1.52. The topological polar surface area (TPSA) is 110 Å². The molecule has 0 heterocycles. The summed E-state index contributed by atoms with van der Waals surface area (Å²) in [6.07, 6.45) is 10.7. The van der Waals surface area contributed by atoms with Crippen molar-refractivity contribution in [3.05, 3.63) is 11.8 Å². The Morgan fingerprint density at radius 1 is 1.02 bits per heavy atom. The van der Waals surface area contributed by atoms with E-state index in [1.54, 1.807) is 0 Å². The van der Waals surface area contributed by atoms with Crippen LogP contribution in [0, 0.1) is 52.3 Å². The van der Waals surface area contributed by atoms with E-state index in [1.165, 1.54) is 0 Å². The highest BCUT2D eigenvalue weighted by Gasteiger charge is 2.64. The molecule has 3 fully saturated rings. The lowest BCUT2D eigenvalue weighted by Crippen LogP contribution is -2.58. The van der Waals surface area contributed by atoms with E-state index in [0.29, 0.717) is 37.0 Å². The fourth-order valence-corrected chi connectivity index (χ4v) is 10.4. The van der Waals surface area contributed by atoms with Crippen LogP contribution < -0.4 is 0 Å². The van der Waals surface area contributed by atoms with Crippen LogP contribution in [0.15, 0.2) is 11.8 Å². The van der Waals surface area contributed by atoms with Crippen molar-refractivity contribution in [1.82, 2.24) is 0 Å². The predicted octanol–water partition coefficient (Wildman–Crippen LogP) is 6.75. The molecular formula is C35H62O6. The zero-order chi connectivity index (χ0) is 30.4. The second-order valence-corrected chi connectivity index (χ2v) is 15.4. The van der Waals surface area contributed by atoms with E-state index in [2.05, 4.69) is 40.7 Å². The van der Waals surface area contributed by atoms with Crippen molar-refractivity contribution in [3.8, 4) is 0 Å².